The molecule has 0 aromatic carbocycles. The molecule has 0 amide bonds. The Morgan fingerprint density at radius 3 is 2.83 bits per heavy atom. The summed E-state index contributed by atoms with van der Waals surface area (Å²) in [6.45, 7) is 0.874. The number of aliphatic hydroxyl groups is 1. The van der Waals surface area contributed by atoms with Gasteiger partial charge in [-0.2, -0.15) is 0 Å². The molecule has 0 radical (unpaired) electrons. The molecule has 100 valence electrons. The van der Waals surface area contributed by atoms with Crippen molar-refractivity contribution in [2.24, 2.45) is 5.92 Å². The maximum absolute atomic E-state index is 11.9. The Kier molecular flexibility index (Phi) is 2.90. The molecule has 2 unspecified atom stereocenters. The van der Waals surface area contributed by atoms with Crippen LogP contribution in [0.1, 0.15) is 36.2 Å². The number of hydrogen-bond acceptors (Lipinski definition) is 5. The zero-order valence-corrected chi connectivity index (χ0v) is 10.9. The molecule has 2 atom stereocenters. The molecule has 2 aliphatic heterocycles. The second kappa shape index (κ2) is 4.31. The largest absolute Gasteiger partial charge is 0.396 e. The second-order valence-corrected chi connectivity index (χ2v) is 7.47. The maximum atomic E-state index is 11.9. The van der Waals surface area contributed by atoms with Crippen LogP contribution in [0.4, 0.5) is 0 Å². The summed E-state index contributed by atoms with van der Waals surface area (Å²) in [6, 6.07) is 0. The van der Waals surface area contributed by atoms with Crippen molar-refractivity contribution in [1.29, 1.82) is 0 Å². The van der Waals surface area contributed by atoms with Gasteiger partial charge in [0.25, 0.3) is 0 Å². The molecular weight excluding hydrogens is 254 g/mol. The summed E-state index contributed by atoms with van der Waals surface area (Å²) in [5, 5.41) is 16.9. The van der Waals surface area contributed by atoms with E-state index in [1.165, 1.54) is 0 Å². The summed E-state index contributed by atoms with van der Waals surface area (Å²) >= 11 is 0. The normalized spacial score (nSPS) is 30.3. The molecular formula is C11H17N3O3S. The Morgan fingerprint density at radius 1 is 1.33 bits per heavy atom. The molecule has 1 aromatic heterocycles. The lowest BCUT2D eigenvalue weighted by Crippen LogP contribution is -2.24. The third-order valence-electron chi connectivity index (χ3n) is 3.96. The molecule has 1 fully saturated rings. The fraction of sp³-hybridized carbons (Fsp3) is 0.818. The van der Waals surface area contributed by atoms with Crippen LogP contribution in [-0.2, 0) is 22.8 Å². The predicted octanol–water partition coefficient (Wildman–Crippen LogP) is 0.0825. The van der Waals surface area contributed by atoms with E-state index in [4.69, 9.17) is 5.11 Å². The van der Waals surface area contributed by atoms with E-state index in [0.717, 1.165) is 18.8 Å². The molecule has 2 aliphatic rings. The SMILES string of the molecule is O=S1(=O)CCCC1c1nnc2n1CCC(CO)C2. The third-order valence-corrected chi connectivity index (χ3v) is 6.13. The first-order valence-electron chi connectivity index (χ1n) is 6.36. The standard InChI is InChI=1S/C11H17N3O3S/c15-7-8-3-4-14-10(6-8)12-13-11(14)9-2-1-5-18(9,16)17/h8-9,15H,1-7H2. The first-order valence-corrected chi connectivity index (χ1v) is 8.08. The smallest absolute Gasteiger partial charge is 0.160 e. The number of rotatable bonds is 2. The number of aliphatic hydroxyl groups excluding tert-OH is 1. The Balaban J connectivity index is 1.94. The molecule has 0 aliphatic carbocycles. The van der Waals surface area contributed by atoms with Gasteiger partial charge in [0.15, 0.2) is 15.7 Å². The fourth-order valence-corrected chi connectivity index (χ4v) is 4.77. The zero-order valence-electron chi connectivity index (χ0n) is 10.1. The van der Waals surface area contributed by atoms with Crippen molar-refractivity contribution in [2.75, 3.05) is 12.4 Å². The van der Waals surface area contributed by atoms with Gasteiger partial charge in [-0.25, -0.2) is 8.42 Å². The van der Waals surface area contributed by atoms with Gasteiger partial charge in [-0.3, -0.25) is 0 Å². The molecule has 1 aromatic rings. The lowest BCUT2D eigenvalue weighted by molar-refractivity contribution is 0.198. The van der Waals surface area contributed by atoms with Crippen LogP contribution >= 0.6 is 0 Å². The van der Waals surface area contributed by atoms with Crippen LogP contribution in [0.15, 0.2) is 0 Å². The van der Waals surface area contributed by atoms with Gasteiger partial charge in [-0.05, 0) is 25.2 Å². The van der Waals surface area contributed by atoms with E-state index in [-0.39, 0.29) is 18.3 Å². The van der Waals surface area contributed by atoms with E-state index in [1.807, 2.05) is 4.57 Å². The van der Waals surface area contributed by atoms with Crippen molar-refractivity contribution in [3.63, 3.8) is 0 Å². The van der Waals surface area contributed by atoms with Crippen LogP contribution in [0.5, 0.6) is 0 Å². The minimum absolute atomic E-state index is 0.157. The molecule has 0 saturated carbocycles. The Bertz CT molecular complexity index is 552. The number of nitrogens with zero attached hydrogens (tertiary/aromatic N) is 3. The highest BCUT2D eigenvalue weighted by atomic mass is 32.2. The highest BCUT2D eigenvalue weighted by Crippen LogP contribution is 2.35. The molecule has 18 heavy (non-hydrogen) atoms. The van der Waals surface area contributed by atoms with E-state index >= 15 is 0 Å². The number of hydrogen-bond donors (Lipinski definition) is 1. The van der Waals surface area contributed by atoms with Gasteiger partial charge in [-0.15, -0.1) is 10.2 Å². The van der Waals surface area contributed by atoms with Crippen LogP contribution in [0.25, 0.3) is 0 Å². The van der Waals surface area contributed by atoms with Gasteiger partial charge < -0.3 is 9.67 Å². The maximum Gasteiger partial charge on any atom is 0.160 e. The number of fused-ring (bicyclic) bond motifs is 1. The first-order chi connectivity index (χ1) is 8.62. The molecule has 1 N–H and O–H groups in total. The summed E-state index contributed by atoms with van der Waals surface area (Å²) in [5.74, 6) is 1.92. The lowest BCUT2D eigenvalue weighted by atomic mass is 9.99. The Labute approximate surface area is 106 Å². The van der Waals surface area contributed by atoms with Gasteiger partial charge in [0.1, 0.15) is 11.1 Å². The zero-order chi connectivity index (χ0) is 12.8. The fourth-order valence-electron chi connectivity index (χ4n) is 2.89. The molecule has 0 spiro atoms. The molecule has 1 saturated heterocycles. The summed E-state index contributed by atoms with van der Waals surface area (Å²) in [5.41, 5.74) is 0. The van der Waals surface area contributed by atoms with Gasteiger partial charge in [0, 0.05) is 19.6 Å². The van der Waals surface area contributed by atoms with E-state index in [9.17, 15) is 8.42 Å². The number of aromatic nitrogens is 3. The van der Waals surface area contributed by atoms with Crippen LogP contribution in [0.3, 0.4) is 0 Å². The lowest BCUT2D eigenvalue weighted by Gasteiger charge is -2.22. The summed E-state index contributed by atoms with van der Waals surface area (Å²) in [7, 11) is -3.04. The third kappa shape index (κ3) is 1.85. The Hall–Kier alpha value is -0.950. The van der Waals surface area contributed by atoms with Gasteiger partial charge in [0.05, 0.1) is 5.75 Å². The van der Waals surface area contributed by atoms with Gasteiger partial charge in [0.2, 0.25) is 0 Å². The van der Waals surface area contributed by atoms with Crippen molar-refractivity contribution in [1.82, 2.24) is 14.8 Å². The van der Waals surface area contributed by atoms with Crippen molar-refractivity contribution in [3.8, 4) is 0 Å². The Morgan fingerprint density at radius 2 is 2.17 bits per heavy atom. The van der Waals surface area contributed by atoms with E-state index in [2.05, 4.69) is 10.2 Å². The number of sulfone groups is 1. The van der Waals surface area contributed by atoms with E-state index in [0.29, 0.717) is 25.1 Å². The van der Waals surface area contributed by atoms with Crippen molar-refractivity contribution < 1.29 is 13.5 Å². The minimum atomic E-state index is -3.04. The summed E-state index contributed by atoms with van der Waals surface area (Å²) in [6.07, 6.45) is 2.93. The van der Waals surface area contributed by atoms with Crippen molar-refractivity contribution in [3.05, 3.63) is 11.6 Å². The molecule has 3 heterocycles. The van der Waals surface area contributed by atoms with Crippen molar-refractivity contribution in [2.45, 2.75) is 37.5 Å². The molecule has 6 nitrogen and oxygen atoms in total. The van der Waals surface area contributed by atoms with Crippen LogP contribution in [0.2, 0.25) is 0 Å². The van der Waals surface area contributed by atoms with Crippen LogP contribution < -0.4 is 0 Å². The second-order valence-electron chi connectivity index (χ2n) is 5.17. The molecule has 7 heteroatoms. The highest BCUT2D eigenvalue weighted by Gasteiger charge is 2.37. The average molecular weight is 271 g/mol. The quantitative estimate of drug-likeness (QED) is 0.823. The summed E-state index contributed by atoms with van der Waals surface area (Å²) < 4.78 is 25.8. The molecule has 3 rings (SSSR count). The molecule has 0 bridgehead atoms. The van der Waals surface area contributed by atoms with Gasteiger partial charge >= 0.3 is 0 Å². The topological polar surface area (TPSA) is 85.1 Å². The van der Waals surface area contributed by atoms with E-state index < -0.39 is 15.1 Å². The minimum Gasteiger partial charge on any atom is -0.396 e. The summed E-state index contributed by atoms with van der Waals surface area (Å²) in [4.78, 5) is 0. The van der Waals surface area contributed by atoms with E-state index in [1.54, 1.807) is 0 Å². The first kappa shape index (κ1) is 12.1. The van der Waals surface area contributed by atoms with Gasteiger partial charge in [-0.1, -0.05) is 0 Å². The monoisotopic (exact) mass is 271 g/mol. The average Bonchev–Trinajstić information content (AvgIpc) is 2.90. The van der Waals surface area contributed by atoms with Crippen molar-refractivity contribution >= 4 is 9.84 Å². The van der Waals surface area contributed by atoms with Crippen LogP contribution in [-0.4, -0.2) is 40.6 Å². The van der Waals surface area contributed by atoms with Crippen LogP contribution in [0, 0.1) is 5.92 Å². The highest BCUT2D eigenvalue weighted by molar-refractivity contribution is 7.91. The predicted molar refractivity (Wildman–Crippen MR) is 64.7 cm³/mol.